The van der Waals surface area contributed by atoms with Crippen LogP contribution in [-0.2, 0) is 27.4 Å². The molecule has 0 radical (unpaired) electrons. The number of aryl methyl sites for hydroxylation is 2. The smallest absolute Gasteiger partial charge is 0.345 e. The number of alkyl halides is 3. The molecule has 0 aromatic heterocycles. The molecule has 2 aromatic carbocycles. The Morgan fingerprint density at radius 1 is 1.12 bits per heavy atom. The van der Waals surface area contributed by atoms with Crippen molar-refractivity contribution in [3.63, 3.8) is 0 Å². The fourth-order valence-corrected chi connectivity index (χ4v) is 6.30. The van der Waals surface area contributed by atoms with Crippen LogP contribution in [0.2, 0.25) is 0 Å². The van der Waals surface area contributed by atoms with Crippen LogP contribution in [0.25, 0.3) is 6.08 Å². The third-order valence-corrected chi connectivity index (χ3v) is 9.09. The molecule has 1 fully saturated rings. The second kappa shape index (κ2) is 11.2. The lowest BCUT2D eigenvalue weighted by atomic mass is 9.89. The third kappa shape index (κ3) is 6.44. The molecule has 2 aromatic rings. The van der Waals surface area contributed by atoms with Gasteiger partial charge in [-0.1, -0.05) is 24.3 Å². The minimum absolute atomic E-state index is 0.109. The Morgan fingerprint density at radius 3 is 2.45 bits per heavy atom. The number of piperidine rings is 1. The Labute approximate surface area is 231 Å². The topological polar surface area (TPSA) is 99.2 Å². The molecule has 1 saturated heterocycles. The van der Waals surface area contributed by atoms with Crippen molar-refractivity contribution in [2.45, 2.75) is 37.9 Å². The summed E-state index contributed by atoms with van der Waals surface area (Å²) in [5.41, 5.74) is 0.638. The lowest BCUT2D eigenvalue weighted by Crippen LogP contribution is -2.50. The number of nitrogens with zero attached hydrogens (tertiary/aromatic N) is 3. The van der Waals surface area contributed by atoms with Crippen molar-refractivity contribution in [2.24, 2.45) is 4.99 Å². The maximum atomic E-state index is 13.1. The number of hydrogen-bond acceptors (Lipinski definition) is 5. The van der Waals surface area contributed by atoms with Crippen molar-refractivity contribution in [2.75, 3.05) is 32.9 Å². The predicted molar refractivity (Wildman–Crippen MR) is 146 cm³/mol. The summed E-state index contributed by atoms with van der Waals surface area (Å²) < 4.78 is 66.4. The molecule has 40 heavy (non-hydrogen) atoms. The Hall–Kier alpha value is -3.51. The van der Waals surface area contributed by atoms with E-state index in [1.54, 1.807) is 32.3 Å². The molecule has 214 valence electrons. The first-order valence-electron chi connectivity index (χ1n) is 12.8. The maximum Gasteiger partial charge on any atom is 0.416 e. The molecule has 0 saturated carbocycles. The first kappa shape index (κ1) is 29.5. The molecule has 4 rings (SSSR count). The Kier molecular flexibility index (Phi) is 8.23. The van der Waals surface area contributed by atoms with Crippen molar-refractivity contribution in [1.29, 1.82) is 0 Å². The molecule has 2 aliphatic rings. The van der Waals surface area contributed by atoms with Crippen LogP contribution in [0.3, 0.4) is 0 Å². The van der Waals surface area contributed by atoms with Gasteiger partial charge < -0.3 is 10.2 Å². The van der Waals surface area contributed by atoms with Crippen molar-refractivity contribution >= 4 is 33.7 Å². The highest BCUT2D eigenvalue weighted by molar-refractivity contribution is 7.89. The molecule has 8 nitrogen and oxygen atoms in total. The predicted octanol–water partition coefficient (Wildman–Crippen LogP) is 3.66. The first-order valence-corrected chi connectivity index (χ1v) is 14.4. The monoisotopic (exact) mass is 576 g/mol. The summed E-state index contributed by atoms with van der Waals surface area (Å²) in [7, 11) is -0.273. The van der Waals surface area contributed by atoms with Crippen molar-refractivity contribution in [1.82, 2.24) is 14.5 Å². The van der Waals surface area contributed by atoms with Crippen LogP contribution in [0.15, 0.2) is 53.5 Å². The third-order valence-electron chi connectivity index (χ3n) is 7.21. The molecule has 1 N–H and O–H groups in total. The summed E-state index contributed by atoms with van der Waals surface area (Å²) in [5, 5.41) is 2.66. The van der Waals surface area contributed by atoms with E-state index in [0.29, 0.717) is 11.1 Å². The van der Waals surface area contributed by atoms with Gasteiger partial charge in [-0.15, -0.1) is 0 Å². The van der Waals surface area contributed by atoms with E-state index in [4.69, 9.17) is 0 Å². The number of halogens is 3. The van der Waals surface area contributed by atoms with Gasteiger partial charge in [0.2, 0.25) is 10.0 Å². The van der Waals surface area contributed by atoms with E-state index < -0.39 is 27.3 Å². The highest BCUT2D eigenvalue weighted by atomic mass is 32.2. The number of rotatable bonds is 7. The second-order valence-electron chi connectivity index (χ2n) is 10.2. The first-order chi connectivity index (χ1) is 18.7. The highest BCUT2D eigenvalue weighted by Crippen LogP contribution is 2.32. The van der Waals surface area contributed by atoms with Crippen LogP contribution in [0.4, 0.5) is 13.2 Å². The van der Waals surface area contributed by atoms with Crippen molar-refractivity contribution in [3.05, 3.63) is 76.4 Å². The normalized spacial score (nSPS) is 17.8. The maximum absolute atomic E-state index is 13.1. The molecule has 2 amide bonds. The summed E-state index contributed by atoms with van der Waals surface area (Å²) in [6, 6.07) is 10.0. The summed E-state index contributed by atoms with van der Waals surface area (Å²) in [6.45, 7) is 2.09. The van der Waals surface area contributed by atoms with Gasteiger partial charge in [-0.3, -0.25) is 14.6 Å². The van der Waals surface area contributed by atoms with Crippen LogP contribution >= 0.6 is 0 Å². The number of carbonyl (C=O) groups is 2. The van der Waals surface area contributed by atoms with Crippen LogP contribution < -0.4 is 5.32 Å². The Balaban J connectivity index is 1.37. The van der Waals surface area contributed by atoms with E-state index in [0.717, 1.165) is 23.3 Å². The van der Waals surface area contributed by atoms with E-state index in [2.05, 4.69) is 10.3 Å². The zero-order valence-corrected chi connectivity index (χ0v) is 23.3. The second-order valence-corrected chi connectivity index (χ2v) is 12.3. The zero-order chi connectivity index (χ0) is 29.3. The molecular weight excluding hydrogens is 545 g/mol. The minimum Gasteiger partial charge on any atom is -0.345 e. The van der Waals surface area contributed by atoms with Gasteiger partial charge in [0.25, 0.3) is 11.8 Å². The molecule has 0 atom stereocenters. The highest BCUT2D eigenvalue weighted by Gasteiger charge is 2.47. The average Bonchev–Trinajstić information content (AvgIpc) is 3.20. The van der Waals surface area contributed by atoms with E-state index in [9.17, 15) is 31.2 Å². The van der Waals surface area contributed by atoms with Gasteiger partial charge >= 0.3 is 6.18 Å². The molecule has 2 heterocycles. The van der Waals surface area contributed by atoms with Crippen molar-refractivity contribution in [3.8, 4) is 0 Å². The van der Waals surface area contributed by atoms with Gasteiger partial charge in [0.1, 0.15) is 11.4 Å². The molecule has 12 heteroatoms. The number of carbonyl (C=O) groups excluding carboxylic acids is 2. The van der Waals surface area contributed by atoms with Gasteiger partial charge in [0, 0.05) is 32.7 Å². The molecule has 2 aliphatic heterocycles. The van der Waals surface area contributed by atoms with Crippen molar-refractivity contribution < 1.29 is 31.2 Å². The fourth-order valence-electron chi connectivity index (χ4n) is 4.82. The number of sulfonamides is 1. The summed E-state index contributed by atoms with van der Waals surface area (Å²) in [4.78, 5) is 30.9. The minimum atomic E-state index is -4.46. The summed E-state index contributed by atoms with van der Waals surface area (Å²) >= 11 is 0. The summed E-state index contributed by atoms with van der Waals surface area (Å²) in [6.07, 6.45) is -0.895. The van der Waals surface area contributed by atoms with Gasteiger partial charge in [-0.05, 0) is 73.2 Å². The number of nitrogens with one attached hydrogen (secondary N) is 1. The quantitative estimate of drug-likeness (QED) is 0.544. The zero-order valence-electron chi connectivity index (χ0n) is 22.5. The van der Waals surface area contributed by atoms with Gasteiger partial charge in [0.15, 0.2) is 0 Å². The van der Waals surface area contributed by atoms with Crippen LogP contribution in [0.5, 0.6) is 0 Å². The number of amides is 2. The van der Waals surface area contributed by atoms with Crippen LogP contribution in [0.1, 0.15) is 45.5 Å². The molecule has 1 spiro atoms. The van der Waals surface area contributed by atoms with Crippen LogP contribution in [-0.4, -0.2) is 73.7 Å². The molecule has 0 aliphatic carbocycles. The van der Waals surface area contributed by atoms with Crippen LogP contribution in [0, 0.1) is 6.92 Å². The Morgan fingerprint density at radius 2 is 1.82 bits per heavy atom. The van der Waals surface area contributed by atoms with E-state index >= 15 is 0 Å². The summed E-state index contributed by atoms with van der Waals surface area (Å²) in [5.74, 6) is -0.360. The van der Waals surface area contributed by atoms with Gasteiger partial charge in [0.05, 0.1) is 11.3 Å². The SMILES string of the molecule is Cc1cc(C(=O)N(C)C)ccc1CCS(=O)(=O)N1CCC2(CC1)N=C(C=Cc1cccc(C(F)(F)F)c1)NC2=O. The lowest BCUT2D eigenvalue weighted by Gasteiger charge is -2.34. The number of hydrogen-bond donors (Lipinski definition) is 1. The number of benzene rings is 2. The largest absolute Gasteiger partial charge is 0.416 e. The standard InChI is InChI=1S/C28H31F3N4O4S/c1-19-17-22(25(36)34(2)3)9-8-21(19)11-16-40(38,39)35-14-12-27(13-15-35)26(37)32-24(33-27)10-7-20-5-4-6-23(18-20)28(29,30)31/h4-10,17-18H,11-16H2,1-3H3,(H,32,33,37). The number of amidine groups is 1. The van der Waals surface area contributed by atoms with E-state index in [-0.39, 0.29) is 55.8 Å². The van der Waals surface area contributed by atoms with Gasteiger partial charge in [-0.2, -0.15) is 13.2 Å². The van der Waals surface area contributed by atoms with E-state index in [1.807, 2.05) is 6.92 Å². The molecule has 0 bridgehead atoms. The molecular formula is C28H31F3N4O4S. The molecule has 0 unspecified atom stereocenters. The van der Waals surface area contributed by atoms with Gasteiger partial charge in [-0.25, -0.2) is 12.7 Å². The Bertz CT molecular complexity index is 1470. The average molecular weight is 577 g/mol. The fraction of sp³-hybridized carbons (Fsp3) is 0.393. The number of aliphatic imine (C=N–C) groups is 1. The van der Waals surface area contributed by atoms with E-state index in [1.165, 1.54) is 33.5 Å². The lowest BCUT2D eigenvalue weighted by molar-refractivity contribution is -0.137.